The van der Waals surface area contributed by atoms with Crippen molar-refractivity contribution in [2.45, 2.75) is 6.92 Å². The lowest BCUT2D eigenvalue weighted by Crippen LogP contribution is -1.88. The Bertz CT molecular complexity index is 330. The normalized spacial score (nSPS) is 9.69. The van der Waals surface area contributed by atoms with E-state index in [4.69, 9.17) is 9.88 Å². The first-order valence-electron chi connectivity index (χ1n) is 3.62. The van der Waals surface area contributed by atoms with Crippen LogP contribution in [0, 0.1) is 6.92 Å². The summed E-state index contributed by atoms with van der Waals surface area (Å²) in [4.78, 5) is 2.23. The molecule has 0 fully saturated rings. The molecule has 0 atom stereocenters. The van der Waals surface area contributed by atoms with Gasteiger partial charge < -0.3 is 4.74 Å². The first-order valence-corrected chi connectivity index (χ1v) is 5.32. The molecule has 0 unspecified atom stereocenters. The van der Waals surface area contributed by atoms with Crippen LogP contribution >= 0.6 is 23.3 Å². The van der Waals surface area contributed by atoms with E-state index in [9.17, 15) is 0 Å². The fourth-order valence-electron chi connectivity index (χ4n) is 0.796. The molecule has 0 radical (unpaired) electrons. The highest BCUT2D eigenvalue weighted by molar-refractivity contribution is 8.00. The molecule has 2 nitrogen and oxygen atoms in total. The van der Waals surface area contributed by atoms with Crippen molar-refractivity contribution in [2.24, 2.45) is 5.14 Å². The third-order valence-corrected chi connectivity index (χ3v) is 2.77. The molecule has 0 aliphatic carbocycles. The van der Waals surface area contributed by atoms with Gasteiger partial charge in [0.2, 0.25) is 0 Å². The van der Waals surface area contributed by atoms with E-state index in [0.29, 0.717) is 10.9 Å². The molecule has 0 saturated heterocycles. The molecule has 0 amide bonds. The number of hydrogen-bond donors (Lipinski definition) is 1. The number of thiophene rings is 1. The maximum absolute atomic E-state index is 5.26. The van der Waals surface area contributed by atoms with Crippen LogP contribution in [0.4, 0.5) is 0 Å². The average molecular weight is 213 g/mol. The van der Waals surface area contributed by atoms with Crippen LogP contribution < -0.4 is 5.14 Å². The molecule has 2 N–H and O–H groups in total. The molecule has 0 saturated carbocycles. The molecular formula is C9H11NOS2. The van der Waals surface area contributed by atoms with Crippen LogP contribution in [0.5, 0.6) is 0 Å². The Labute approximate surface area is 86.2 Å². The van der Waals surface area contributed by atoms with Crippen molar-refractivity contribution < 1.29 is 4.74 Å². The van der Waals surface area contributed by atoms with Crippen molar-refractivity contribution in [1.82, 2.24) is 0 Å². The van der Waals surface area contributed by atoms with Crippen molar-refractivity contribution in [3.05, 3.63) is 40.1 Å². The summed E-state index contributed by atoms with van der Waals surface area (Å²) in [5.74, 6) is 0.598. The lowest BCUT2D eigenvalue weighted by molar-refractivity contribution is 0.427. The maximum atomic E-state index is 5.26. The minimum atomic E-state index is 0.455. The summed E-state index contributed by atoms with van der Waals surface area (Å²) in [6.45, 7) is 9.43. The second-order valence-electron chi connectivity index (χ2n) is 2.43. The topological polar surface area (TPSA) is 35.2 Å². The van der Waals surface area contributed by atoms with Crippen LogP contribution in [0.1, 0.15) is 9.75 Å². The minimum Gasteiger partial charge on any atom is -0.449 e. The second kappa shape index (κ2) is 4.50. The summed E-state index contributed by atoms with van der Waals surface area (Å²) in [7, 11) is 0. The van der Waals surface area contributed by atoms with Crippen molar-refractivity contribution in [3.63, 3.8) is 0 Å². The van der Waals surface area contributed by atoms with Gasteiger partial charge in [0.05, 0.1) is 4.88 Å². The van der Waals surface area contributed by atoms with Crippen LogP contribution in [0.15, 0.2) is 30.4 Å². The summed E-state index contributed by atoms with van der Waals surface area (Å²) >= 11 is 2.61. The third kappa shape index (κ3) is 2.91. The van der Waals surface area contributed by atoms with Crippen molar-refractivity contribution in [3.8, 4) is 0 Å². The third-order valence-electron chi connectivity index (χ3n) is 1.38. The van der Waals surface area contributed by atoms with E-state index in [0.717, 1.165) is 16.8 Å². The summed E-state index contributed by atoms with van der Waals surface area (Å²) in [5.41, 5.74) is 0. The van der Waals surface area contributed by atoms with Crippen LogP contribution in [0.3, 0.4) is 0 Å². The molecule has 1 rings (SSSR count). The average Bonchev–Trinajstić information content (AvgIpc) is 2.51. The van der Waals surface area contributed by atoms with Gasteiger partial charge in [0.25, 0.3) is 0 Å². The zero-order valence-corrected chi connectivity index (χ0v) is 9.00. The van der Waals surface area contributed by atoms with Gasteiger partial charge in [-0.15, -0.1) is 11.3 Å². The molecule has 13 heavy (non-hydrogen) atoms. The molecule has 1 aromatic heterocycles. The monoisotopic (exact) mass is 213 g/mol. The molecule has 0 aliphatic rings. The van der Waals surface area contributed by atoms with E-state index >= 15 is 0 Å². The highest BCUT2D eigenvalue weighted by Crippen LogP contribution is 2.26. The fourth-order valence-corrected chi connectivity index (χ4v) is 1.72. The fraction of sp³-hybridized carbons (Fsp3) is 0.111. The van der Waals surface area contributed by atoms with Crippen LogP contribution in [-0.2, 0) is 4.74 Å². The Kier molecular flexibility index (Phi) is 3.59. The molecule has 0 spiro atoms. The van der Waals surface area contributed by atoms with Crippen LogP contribution in [0.25, 0.3) is 5.76 Å². The maximum Gasteiger partial charge on any atom is 0.168 e. The van der Waals surface area contributed by atoms with Gasteiger partial charge in [-0.25, -0.2) is 0 Å². The van der Waals surface area contributed by atoms with Gasteiger partial charge in [0, 0.05) is 4.88 Å². The molecular weight excluding hydrogens is 202 g/mol. The molecule has 0 bridgehead atoms. The van der Waals surface area contributed by atoms with E-state index in [1.165, 1.54) is 4.88 Å². The zero-order valence-electron chi connectivity index (χ0n) is 7.37. The Morgan fingerprint density at radius 2 is 2.23 bits per heavy atom. The van der Waals surface area contributed by atoms with E-state index < -0.39 is 0 Å². The van der Waals surface area contributed by atoms with Crippen molar-refractivity contribution in [2.75, 3.05) is 0 Å². The first kappa shape index (κ1) is 10.4. The number of hydrogen-bond acceptors (Lipinski definition) is 4. The summed E-state index contributed by atoms with van der Waals surface area (Å²) in [6.07, 6.45) is 0. The number of rotatable bonds is 4. The predicted octanol–water partition coefficient (Wildman–Crippen LogP) is 3.12. The van der Waals surface area contributed by atoms with Crippen molar-refractivity contribution >= 4 is 29.0 Å². The van der Waals surface area contributed by atoms with Gasteiger partial charge in [-0.3, -0.25) is 5.14 Å². The summed E-state index contributed by atoms with van der Waals surface area (Å²) < 4.78 is 5.26. The lowest BCUT2D eigenvalue weighted by Gasteiger charge is -2.05. The number of aryl methyl sites for hydroxylation is 1. The smallest absolute Gasteiger partial charge is 0.168 e. The highest BCUT2D eigenvalue weighted by Gasteiger charge is 2.04. The minimum absolute atomic E-state index is 0.455. The Morgan fingerprint density at radius 1 is 1.54 bits per heavy atom. The Hall–Kier alpha value is -0.710. The SMILES string of the molecule is C=C(OC(=C)c1ccc(C)s1)SN. The van der Waals surface area contributed by atoms with Crippen LogP contribution in [0.2, 0.25) is 0 Å². The van der Waals surface area contributed by atoms with Gasteiger partial charge in [0.15, 0.2) is 5.09 Å². The van der Waals surface area contributed by atoms with E-state index in [-0.39, 0.29) is 0 Å². The van der Waals surface area contributed by atoms with Gasteiger partial charge in [0.1, 0.15) is 5.76 Å². The second-order valence-corrected chi connectivity index (χ2v) is 4.40. The zero-order chi connectivity index (χ0) is 9.84. The van der Waals surface area contributed by atoms with Gasteiger partial charge in [-0.1, -0.05) is 6.58 Å². The molecule has 1 heterocycles. The van der Waals surface area contributed by atoms with E-state index in [1.807, 2.05) is 19.1 Å². The van der Waals surface area contributed by atoms with E-state index in [1.54, 1.807) is 11.3 Å². The summed E-state index contributed by atoms with van der Waals surface area (Å²) in [6, 6.07) is 3.99. The first-order chi connectivity index (χ1) is 6.13. The Balaban J connectivity index is 2.64. The van der Waals surface area contributed by atoms with Crippen LogP contribution in [-0.4, -0.2) is 0 Å². The summed E-state index contributed by atoms with van der Waals surface area (Å²) in [5, 5.41) is 5.71. The Morgan fingerprint density at radius 3 is 2.69 bits per heavy atom. The molecule has 70 valence electrons. The van der Waals surface area contributed by atoms with Gasteiger partial charge >= 0.3 is 0 Å². The molecule has 1 aromatic rings. The highest BCUT2D eigenvalue weighted by atomic mass is 32.2. The lowest BCUT2D eigenvalue weighted by atomic mass is 10.4. The van der Waals surface area contributed by atoms with Crippen molar-refractivity contribution in [1.29, 1.82) is 0 Å². The molecule has 4 heteroatoms. The largest absolute Gasteiger partial charge is 0.449 e. The van der Waals surface area contributed by atoms with Gasteiger partial charge in [-0.2, -0.15) is 0 Å². The van der Waals surface area contributed by atoms with Gasteiger partial charge in [-0.05, 0) is 37.6 Å². The molecule has 0 aliphatic heterocycles. The number of nitrogens with two attached hydrogens (primary N) is 1. The standard InChI is InChI=1S/C9H11NOS2/c1-6-4-5-9(12-6)7(2)11-8(3)13-10/h4-5H,2-3,10H2,1H3. The number of ether oxygens (including phenoxy) is 1. The van der Waals surface area contributed by atoms with E-state index in [2.05, 4.69) is 13.2 Å². The quantitative estimate of drug-likeness (QED) is 0.616. The predicted molar refractivity (Wildman–Crippen MR) is 60.1 cm³/mol. The molecule has 0 aromatic carbocycles.